The monoisotopic (exact) mass is 508 g/mol. The van der Waals surface area contributed by atoms with Crippen LogP contribution < -0.4 is 20.1 Å². The lowest BCUT2D eigenvalue weighted by Gasteiger charge is -2.14. The lowest BCUT2D eigenvalue weighted by atomic mass is 10.1. The van der Waals surface area contributed by atoms with Crippen LogP contribution in [0.5, 0.6) is 11.5 Å². The second-order valence-electron chi connectivity index (χ2n) is 6.06. The summed E-state index contributed by atoms with van der Waals surface area (Å²) in [6.07, 6.45) is 0.837. The molecule has 0 aliphatic rings. The van der Waals surface area contributed by atoms with Gasteiger partial charge in [-0.3, -0.25) is 4.99 Å². The van der Waals surface area contributed by atoms with E-state index in [1.54, 1.807) is 7.05 Å². The van der Waals surface area contributed by atoms with Crippen LogP contribution in [-0.2, 0) is 13.0 Å². The molecule has 0 heterocycles. The van der Waals surface area contributed by atoms with Gasteiger partial charge in [0.1, 0.15) is 0 Å². The fraction of sp³-hybridized carbons (Fsp3) is 0.364. The molecule has 2 aromatic rings. The molecule has 0 bridgehead atoms. The van der Waals surface area contributed by atoms with E-state index in [-0.39, 0.29) is 24.0 Å². The summed E-state index contributed by atoms with van der Waals surface area (Å²) in [6.45, 7) is 6.53. The van der Waals surface area contributed by atoms with Crippen LogP contribution in [0, 0.1) is 11.3 Å². The third-order valence-electron chi connectivity index (χ3n) is 4.08. The second-order valence-corrected chi connectivity index (χ2v) is 6.06. The topological polar surface area (TPSA) is 78.7 Å². The lowest BCUT2D eigenvalue weighted by molar-refractivity contribution is 0.287. The zero-order valence-electron chi connectivity index (χ0n) is 17.2. The average Bonchev–Trinajstić information content (AvgIpc) is 2.73. The van der Waals surface area contributed by atoms with Crippen molar-refractivity contribution in [2.75, 3.05) is 26.8 Å². The first-order valence-corrected chi connectivity index (χ1v) is 9.52. The zero-order chi connectivity index (χ0) is 20.2. The largest absolute Gasteiger partial charge is 0.490 e. The first-order chi connectivity index (χ1) is 13.7. The maximum Gasteiger partial charge on any atom is 0.191 e. The quantitative estimate of drug-likeness (QED) is 0.306. The van der Waals surface area contributed by atoms with Crippen LogP contribution in [0.4, 0.5) is 0 Å². The van der Waals surface area contributed by atoms with Crippen LogP contribution in [0.2, 0.25) is 0 Å². The number of halogens is 1. The molecule has 0 aromatic heterocycles. The van der Waals surface area contributed by atoms with Crippen molar-refractivity contribution in [2.24, 2.45) is 4.99 Å². The Kier molecular flexibility index (Phi) is 11.6. The van der Waals surface area contributed by atoms with Gasteiger partial charge in [0.05, 0.1) is 24.8 Å². The molecule has 0 amide bonds. The van der Waals surface area contributed by atoms with Crippen molar-refractivity contribution >= 4 is 29.9 Å². The van der Waals surface area contributed by atoms with E-state index in [0.29, 0.717) is 25.3 Å². The van der Waals surface area contributed by atoms with E-state index in [9.17, 15) is 0 Å². The smallest absolute Gasteiger partial charge is 0.191 e. The van der Waals surface area contributed by atoms with E-state index >= 15 is 0 Å². The van der Waals surface area contributed by atoms with Crippen molar-refractivity contribution in [3.8, 4) is 17.6 Å². The van der Waals surface area contributed by atoms with Crippen molar-refractivity contribution in [2.45, 2.75) is 26.8 Å². The molecular weight excluding hydrogens is 479 g/mol. The Morgan fingerprint density at radius 1 is 0.966 bits per heavy atom. The van der Waals surface area contributed by atoms with Crippen molar-refractivity contribution < 1.29 is 9.47 Å². The van der Waals surface area contributed by atoms with E-state index in [4.69, 9.17) is 14.7 Å². The van der Waals surface area contributed by atoms with Crippen LogP contribution in [0.25, 0.3) is 0 Å². The van der Waals surface area contributed by atoms with E-state index < -0.39 is 0 Å². The molecule has 0 aliphatic heterocycles. The second kappa shape index (κ2) is 13.7. The van der Waals surface area contributed by atoms with Gasteiger partial charge in [-0.25, -0.2) is 0 Å². The SMILES string of the molecule is CCOc1ccc(CCNC(=NC)NCc2ccc(C#N)cc2)cc1OCC.I. The summed E-state index contributed by atoms with van der Waals surface area (Å²) in [6, 6.07) is 15.7. The molecule has 0 aliphatic carbocycles. The summed E-state index contributed by atoms with van der Waals surface area (Å²) < 4.78 is 11.3. The fourth-order valence-electron chi connectivity index (χ4n) is 2.68. The van der Waals surface area contributed by atoms with Crippen LogP contribution in [0.3, 0.4) is 0 Å². The fourth-order valence-corrected chi connectivity index (χ4v) is 2.68. The number of hydrogen-bond acceptors (Lipinski definition) is 4. The molecular formula is C22H29IN4O2. The molecule has 0 fully saturated rings. The molecule has 29 heavy (non-hydrogen) atoms. The minimum Gasteiger partial charge on any atom is -0.490 e. The van der Waals surface area contributed by atoms with Crippen molar-refractivity contribution in [1.82, 2.24) is 10.6 Å². The minimum absolute atomic E-state index is 0. The number of aliphatic imine (C=N–C) groups is 1. The number of hydrogen-bond donors (Lipinski definition) is 2. The third kappa shape index (κ3) is 8.20. The molecule has 0 saturated heterocycles. The highest BCUT2D eigenvalue weighted by molar-refractivity contribution is 14.0. The zero-order valence-corrected chi connectivity index (χ0v) is 19.5. The van der Waals surface area contributed by atoms with Gasteiger partial charge >= 0.3 is 0 Å². The summed E-state index contributed by atoms with van der Waals surface area (Å²) in [5.74, 6) is 2.30. The minimum atomic E-state index is 0. The summed E-state index contributed by atoms with van der Waals surface area (Å²) in [5, 5.41) is 15.4. The van der Waals surface area contributed by atoms with Gasteiger partial charge in [-0.2, -0.15) is 5.26 Å². The molecule has 2 rings (SSSR count). The molecule has 0 unspecified atom stereocenters. The van der Waals surface area contributed by atoms with E-state index in [1.807, 2.05) is 50.2 Å². The van der Waals surface area contributed by atoms with Crippen LogP contribution in [0.1, 0.15) is 30.5 Å². The molecule has 0 atom stereocenters. The molecule has 7 heteroatoms. The molecule has 6 nitrogen and oxygen atoms in total. The highest BCUT2D eigenvalue weighted by Crippen LogP contribution is 2.28. The standard InChI is InChI=1S/C22H28N4O2.HI/c1-4-27-20-11-10-17(14-21(20)28-5-2)12-13-25-22(24-3)26-16-19-8-6-18(15-23)7-9-19;/h6-11,14H,4-5,12-13,16H2,1-3H3,(H2,24,25,26);1H. The molecule has 2 aromatic carbocycles. The molecule has 156 valence electrons. The van der Waals surface area contributed by atoms with Crippen molar-refractivity contribution in [3.63, 3.8) is 0 Å². The number of rotatable bonds is 9. The van der Waals surface area contributed by atoms with Gasteiger partial charge < -0.3 is 20.1 Å². The lowest BCUT2D eigenvalue weighted by Crippen LogP contribution is -2.37. The van der Waals surface area contributed by atoms with Crippen LogP contribution >= 0.6 is 24.0 Å². The number of guanidine groups is 1. The average molecular weight is 508 g/mol. The van der Waals surface area contributed by atoms with E-state index in [1.165, 1.54) is 5.56 Å². The van der Waals surface area contributed by atoms with E-state index in [2.05, 4.69) is 27.8 Å². The molecule has 0 radical (unpaired) electrons. The predicted molar refractivity (Wildman–Crippen MR) is 127 cm³/mol. The molecule has 0 saturated carbocycles. The van der Waals surface area contributed by atoms with Gasteiger partial charge in [0.15, 0.2) is 17.5 Å². The maximum absolute atomic E-state index is 8.86. The first kappa shape index (κ1) is 24.6. The van der Waals surface area contributed by atoms with Gasteiger partial charge in [0, 0.05) is 20.1 Å². The van der Waals surface area contributed by atoms with Crippen molar-refractivity contribution in [3.05, 3.63) is 59.2 Å². The molecule has 2 N–H and O–H groups in total. The Labute approximate surface area is 190 Å². The predicted octanol–water partition coefficient (Wildman–Crippen LogP) is 3.88. The third-order valence-corrected chi connectivity index (χ3v) is 4.08. The van der Waals surface area contributed by atoms with Gasteiger partial charge in [0.25, 0.3) is 0 Å². The number of benzene rings is 2. The van der Waals surface area contributed by atoms with Gasteiger partial charge in [-0.1, -0.05) is 18.2 Å². The van der Waals surface area contributed by atoms with Crippen LogP contribution in [0.15, 0.2) is 47.5 Å². The number of nitrogens with zero attached hydrogens (tertiary/aromatic N) is 2. The van der Waals surface area contributed by atoms with Gasteiger partial charge in [-0.15, -0.1) is 24.0 Å². The summed E-state index contributed by atoms with van der Waals surface area (Å²) in [5.41, 5.74) is 2.92. The van der Waals surface area contributed by atoms with Crippen molar-refractivity contribution in [1.29, 1.82) is 5.26 Å². The molecule has 0 spiro atoms. The Bertz CT molecular complexity index is 817. The first-order valence-electron chi connectivity index (χ1n) is 9.52. The Balaban J connectivity index is 0.00000420. The summed E-state index contributed by atoms with van der Waals surface area (Å²) in [4.78, 5) is 4.25. The summed E-state index contributed by atoms with van der Waals surface area (Å²) in [7, 11) is 1.75. The highest BCUT2D eigenvalue weighted by Gasteiger charge is 2.06. The highest BCUT2D eigenvalue weighted by atomic mass is 127. The summed E-state index contributed by atoms with van der Waals surface area (Å²) >= 11 is 0. The van der Waals surface area contributed by atoms with Gasteiger partial charge in [0.2, 0.25) is 0 Å². The number of nitrogens with one attached hydrogen (secondary N) is 2. The number of ether oxygens (including phenoxy) is 2. The Morgan fingerprint density at radius 2 is 1.62 bits per heavy atom. The van der Waals surface area contributed by atoms with E-state index in [0.717, 1.165) is 36.0 Å². The van der Waals surface area contributed by atoms with Gasteiger partial charge in [-0.05, 0) is 55.7 Å². The normalized spacial score (nSPS) is 10.5. The van der Waals surface area contributed by atoms with Crippen LogP contribution in [-0.4, -0.2) is 32.8 Å². The Hall–Kier alpha value is -2.47. The Morgan fingerprint density at radius 3 is 2.24 bits per heavy atom. The number of nitriles is 1. The maximum atomic E-state index is 8.86.